The van der Waals surface area contributed by atoms with Gasteiger partial charge in [-0.05, 0) is 103 Å². The summed E-state index contributed by atoms with van der Waals surface area (Å²) in [6.07, 6.45) is 14.8. The third-order valence-corrected chi connectivity index (χ3v) is 10.0. The standard InChI is InChI=1S/C46H31N3/c1-4-15-33(16-5-1)47(34-17-6-2-7-18-34)36-25-27-37(28-26-36)48-42-23-13-12-22-39(42)40-30-41-45(31-44(40)48)49(35-19-8-3-9-20-35)43-29-24-32-14-10-11-21-38(32)46(41)43/h1-2,4-6,8,10-17,19-31H,7,18H2. The number of aromatic nitrogens is 2. The van der Waals surface area contributed by atoms with E-state index in [1.54, 1.807) is 0 Å². The van der Waals surface area contributed by atoms with Crippen molar-refractivity contribution in [1.82, 2.24) is 9.13 Å². The van der Waals surface area contributed by atoms with Gasteiger partial charge in [0, 0.05) is 50.4 Å². The van der Waals surface area contributed by atoms with E-state index in [1.165, 1.54) is 65.8 Å². The van der Waals surface area contributed by atoms with Gasteiger partial charge in [0.25, 0.3) is 0 Å². The van der Waals surface area contributed by atoms with E-state index in [2.05, 4.69) is 177 Å². The number of hydrogen-bond donors (Lipinski definition) is 0. The maximum Gasteiger partial charge on any atom is 0.0562 e. The lowest BCUT2D eigenvalue weighted by atomic mass is 10.0. The van der Waals surface area contributed by atoms with Crippen molar-refractivity contribution in [3.63, 3.8) is 0 Å². The van der Waals surface area contributed by atoms with Gasteiger partial charge in [0.2, 0.25) is 0 Å². The average Bonchev–Trinajstić information content (AvgIpc) is 3.68. The molecule has 3 nitrogen and oxygen atoms in total. The Bertz CT molecular complexity index is 2820. The van der Waals surface area contributed by atoms with E-state index < -0.39 is 0 Å². The minimum atomic E-state index is 1.01. The second-order valence-electron chi connectivity index (χ2n) is 12.8. The van der Waals surface area contributed by atoms with Gasteiger partial charge < -0.3 is 14.0 Å². The van der Waals surface area contributed by atoms with E-state index in [9.17, 15) is 0 Å². The molecule has 0 amide bonds. The fourth-order valence-corrected chi connectivity index (χ4v) is 7.87. The fraction of sp³-hybridized carbons (Fsp3) is 0.0435. The highest BCUT2D eigenvalue weighted by atomic mass is 15.1. The van der Waals surface area contributed by atoms with Crippen LogP contribution in [-0.2, 0) is 0 Å². The van der Waals surface area contributed by atoms with Gasteiger partial charge in [-0.3, -0.25) is 0 Å². The first-order valence-electron chi connectivity index (χ1n) is 16.9. The quantitative estimate of drug-likeness (QED) is 0.173. The lowest BCUT2D eigenvalue weighted by Crippen LogP contribution is -2.17. The molecule has 0 unspecified atom stereocenters. The molecule has 0 fully saturated rings. The molecule has 2 aliphatic carbocycles. The van der Waals surface area contributed by atoms with Crippen LogP contribution < -0.4 is 4.90 Å². The highest BCUT2D eigenvalue weighted by Gasteiger charge is 2.21. The molecule has 2 heterocycles. The monoisotopic (exact) mass is 625 g/mol. The molecule has 10 rings (SSSR count). The van der Waals surface area contributed by atoms with E-state index in [-0.39, 0.29) is 0 Å². The summed E-state index contributed by atoms with van der Waals surface area (Å²) in [5.74, 6) is 0. The van der Waals surface area contributed by atoms with Crippen LogP contribution >= 0.6 is 0 Å². The first-order chi connectivity index (χ1) is 24.3. The molecule has 0 N–H and O–H groups in total. The number of allylic oxidation sites excluding steroid dienone is 8. The number of hydrogen-bond acceptors (Lipinski definition) is 1. The van der Waals surface area contributed by atoms with Crippen molar-refractivity contribution in [2.75, 3.05) is 4.90 Å². The van der Waals surface area contributed by atoms with E-state index in [1.807, 2.05) is 12.2 Å². The van der Waals surface area contributed by atoms with Gasteiger partial charge in [-0.15, -0.1) is 0 Å². The van der Waals surface area contributed by atoms with Gasteiger partial charge in [-0.25, -0.2) is 0 Å². The lowest BCUT2D eigenvalue weighted by molar-refractivity contribution is 0.917. The smallest absolute Gasteiger partial charge is 0.0562 e. The molecule has 0 saturated carbocycles. The number of nitrogens with zero attached hydrogens (tertiary/aromatic N) is 3. The molecule has 2 aromatic heterocycles. The molecule has 8 aromatic rings. The normalized spacial score (nSPS) is 14.0. The van der Waals surface area contributed by atoms with Gasteiger partial charge in [-0.2, -0.15) is 0 Å². The third kappa shape index (κ3) is 4.31. The molecule has 0 spiro atoms. The van der Waals surface area contributed by atoms with Crippen LogP contribution in [0.1, 0.15) is 12.8 Å². The Kier molecular flexibility index (Phi) is 6.22. The van der Waals surface area contributed by atoms with Crippen molar-refractivity contribution in [3.05, 3.63) is 181 Å². The number of para-hydroxylation sites is 2. The van der Waals surface area contributed by atoms with Crippen LogP contribution in [0.15, 0.2) is 181 Å². The van der Waals surface area contributed by atoms with Crippen molar-refractivity contribution in [2.24, 2.45) is 0 Å². The second kappa shape index (κ2) is 11.0. The molecular weight excluding hydrogens is 595 g/mol. The minimum Gasteiger partial charge on any atom is -0.314 e. The average molecular weight is 626 g/mol. The first-order valence-corrected chi connectivity index (χ1v) is 16.9. The van der Waals surface area contributed by atoms with Gasteiger partial charge in [0.05, 0.1) is 27.8 Å². The largest absolute Gasteiger partial charge is 0.314 e. The summed E-state index contributed by atoms with van der Waals surface area (Å²) in [7, 11) is 0. The molecule has 0 aliphatic heterocycles. The van der Waals surface area contributed by atoms with Crippen LogP contribution in [0.3, 0.4) is 0 Å². The van der Waals surface area contributed by atoms with Crippen LogP contribution in [0.4, 0.5) is 11.4 Å². The van der Waals surface area contributed by atoms with Gasteiger partial charge in [0.1, 0.15) is 0 Å². The lowest BCUT2D eigenvalue weighted by Gasteiger charge is -2.29. The summed E-state index contributed by atoms with van der Waals surface area (Å²) < 4.78 is 4.81. The zero-order valence-electron chi connectivity index (χ0n) is 26.8. The Hall–Kier alpha value is -6.50. The fourth-order valence-electron chi connectivity index (χ4n) is 7.87. The second-order valence-corrected chi connectivity index (χ2v) is 12.8. The highest BCUT2D eigenvalue weighted by molar-refractivity contribution is 6.25. The molecule has 6 aromatic carbocycles. The molecule has 0 saturated heterocycles. The maximum atomic E-state index is 3.20. The summed E-state index contributed by atoms with van der Waals surface area (Å²) >= 11 is 0. The van der Waals surface area contributed by atoms with E-state index in [4.69, 9.17) is 0 Å². The zero-order chi connectivity index (χ0) is 32.3. The Balaban J connectivity index is 1.23. The van der Waals surface area contributed by atoms with Gasteiger partial charge in [-0.1, -0.05) is 90.3 Å². The summed E-state index contributed by atoms with van der Waals surface area (Å²) in [6, 6.07) is 46.6. The topological polar surface area (TPSA) is 13.1 Å². The summed E-state index contributed by atoms with van der Waals surface area (Å²) in [5, 5.41) is 7.53. The minimum absolute atomic E-state index is 1.01. The maximum absolute atomic E-state index is 3.20. The number of rotatable bonds is 5. The molecule has 0 bridgehead atoms. The van der Waals surface area contributed by atoms with Crippen LogP contribution in [0.25, 0.3) is 65.8 Å². The summed E-state index contributed by atoms with van der Waals surface area (Å²) in [4.78, 5) is 2.39. The zero-order valence-corrected chi connectivity index (χ0v) is 26.8. The van der Waals surface area contributed by atoms with Crippen molar-refractivity contribution in [3.8, 4) is 5.69 Å². The first kappa shape index (κ1) is 27.6. The van der Waals surface area contributed by atoms with Crippen molar-refractivity contribution in [2.45, 2.75) is 12.8 Å². The predicted octanol–water partition coefficient (Wildman–Crippen LogP) is 12.1. The Labute approximate surface area is 284 Å². The van der Waals surface area contributed by atoms with E-state index in [0.29, 0.717) is 0 Å². The van der Waals surface area contributed by atoms with Crippen LogP contribution in [-0.4, -0.2) is 9.13 Å². The molecule has 49 heavy (non-hydrogen) atoms. The van der Waals surface area contributed by atoms with E-state index in [0.717, 1.165) is 29.9 Å². The molecule has 230 valence electrons. The highest BCUT2D eigenvalue weighted by Crippen LogP contribution is 2.42. The number of anilines is 2. The van der Waals surface area contributed by atoms with Crippen molar-refractivity contribution in [1.29, 1.82) is 0 Å². The Morgan fingerprint density at radius 3 is 2.14 bits per heavy atom. The molecule has 2 aliphatic rings. The van der Waals surface area contributed by atoms with Crippen molar-refractivity contribution >= 4 is 71.5 Å². The summed E-state index contributed by atoms with van der Waals surface area (Å²) in [6.45, 7) is 0. The molecule has 0 radical (unpaired) electrons. The number of fused-ring (bicyclic) bond motifs is 8. The van der Waals surface area contributed by atoms with Gasteiger partial charge in [0.15, 0.2) is 0 Å². The molecular formula is C46H31N3. The molecule has 0 atom stereocenters. The number of benzene rings is 6. The SMILES string of the molecule is C1=C=CC(n2c3cc4c(cc3c3c5ccccc5ccc32)c2ccccc2n4-c2ccc(N(C3=CC=CCC3)c3ccccc3)cc2)=CC=1. The summed E-state index contributed by atoms with van der Waals surface area (Å²) in [5.41, 5.74) is 16.9. The van der Waals surface area contributed by atoms with Gasteiger partial charge >= 0.3 is 0 Å². The third-order valence-electron chi connectivity index (χ3n) is 10.0. The Morgan fingerprint density at radius 1 is 0.551 bits per heavy atom. The van der Waals surface area contributed by atoms with Crippen LogP contribution in [0.2, 0.25) is 0 Å². The van der Waals surface area contributed by atoms with Crippen LogP contribution in [0.5, 0.6) is 0 Å². The molecule has 3 heteroatoms. The Morgan fingerprint density at radius 2 is 1.33 bits per heavy atom. The van der Waals surface area contributed by atoms with Crippen LogP contribution in [0, 0.1) is 0 Å². The predicted molar refractivity (Wildman–Crippen MR) is 207 cm³/mol. The van der Waals surface area contributed by atoms with Crippen molar-refractivity contribution < 1.29 is 0 Å². The van der Waals surface area contributed by atoms with E-state index >= 15 is 0 Å².